The van der Waals surface area contributed by atoms with Crippen LogP contribution in [0, 0.1) is 12.3 Å². The molecule has 0 saturated carbocycles. The molecule has 0 aliphatic carbocycles. The third kappa shape index (κ3) is 8.30. The van der Waals surface area contributed by atoms with Gasteiger partial charge >= 0.3 is 0 Å². The molecular weight excluding hydrogens is 416 g/mol. The minimum absolute atomic E-state index is 0.0427. The molecule has 1 aromatic rings. The van der Waals surface area contributed by atoms with Crippen molar-refractivity contribution < 1.29 is 34.0 Å². The molecule has 0 aromatic heterocycles. The fraction of sp³-hybridized carbons (Fsp3) is 0.609. The van der Waals surface area contributed by atoms with E-state index in [1.165, 1.54) is 0 Å². The Morgan fingerprint density at radius 2 is 2.03 bits per heavy atom. The Bertz CT molecular complexity index is 778. The molecule has 9 heteroatoms. The van der Waals surface area contributed by atoms with E-state index in [9.17, 15) is 9.90 Å². The van der Waals surface area contributed by atoms with Crippen molar-refractivity contribution in [3.8, 4) is 23.8 Å². The maximum atomic E-state index is 11.9. The summed E-state index contributed by atoms with van der Waals surface area (Å²) in [6.07, 6.45) is 6.57. The lowest BCUT2D eigenvalue weighted by Gasteiger charge is -2.30. The first kappa shape index (κ1) is 25.9. The van der Waals surface area contributed by atoms with Crippen LogP contribution in [0.5, 0.6) is 11.5 Å². The summed E-state index contributed by atoms with van der Waals surface area (Å²) in [6, 6.07) is 3.39. The molecule has 4 N–H and O–H groups in total. The number of carbonyl (C=O) groups excluding carboxylic acids is 1. The Kier molecular flexibility index (Phi) is 10.7. The van der Waals surface area contributed by atoms with Crippen LogP contribution < -0.4 is 20.1 Å². The first-order valence-corrected chi connectivity index (χ1v) is 10.8. The molecule has 9 nitrogen and oxygen atoms in total. The van der Waals surface area contributed by atoms with Crippen LogP contribution in [0.25, 0.3) is 0 Å². The highest BCUT2D eigenvalue weighted by Crippen LogP contribution is 2.39. The van der Waals surface area contributed by atoms with Crippen LogP contribution in [0.15, 0.2) is 12.1 Å². The summed E-state index contributed by atoms with van der Waals surface area (Å²) in [5.41, 5.74) is 1.30. The number of ether oxygens (including phenoxy) is 4. The van der Waals surface area contributed by atoms with Crippen molar-refractivity contribution in [1.82, 2.24) is 5.32 Å². The van der Waals surface area contributed by atoms with E-state index in [-0.39, 0.29) is 45.0 Å². The molecule has 178 valence electrons. The predicted molar refractivity (Wildman–Crippen MR) is 120 cm³/mol. The first-order valence-electron chi connectivity index (χ1n) is 10.8. The molecule has 0 fully saturated rings. The number of rotatable bonds is 15. The number of anilines is 1. The summed E-state index contributed by atoms with van der Waals surface area (Å²) in [7, 11) is 0. The SMILES string of the molecule is C#CCOc1ccc(OCC(O)(CNCCOC(C)C)OCCCO)c2c1NC(=O)CC2. The summed E-state index contributed by atoms with van der Waals surface area (Å²) in [6.45, 7) is 5.11. The number of carbonyl (C=O) groups is 1. The lowest BCUT2D eigenvalue weighted by atomic mass is 10.0. The van der Waals surface area contributed by atoms with Gasteiger partial charge in [0.05, 0.1) is 31.5 Å². The van der Waals surface area contributed by atoms with Crippen molar-refractivity contribution in [2.75, 3.05) is 51.4 Å². The molecule has 0 radical (unpaired) electrons. The number of nitrogens with one attached hydrogen (secondary N) is 2. The Hall–Kier alpha value is -2.35. The van der Waals surface area contributed by atoms with Crippen LogP contribution in [-0.4, -0.2) is 74.1 Å². The number of amides is 1. The Morgan fingerprint density at radius 1 is 1.25 bits per heavy atom. The minimum atomic E-state index is -1.61. The smallest absolute Gasteiger partial charge is 0.224 e. The molecule has 32 heavy (non-hydrogen) atoms. The summed E-state index contributed by atoms with van der Waals surface area (Å²) in [4.78, 5) is 11.9. The van der Waals surface area contributed by atoms with Crippen molar-refractivity contribution in [1.29, 1.82) is 0 Å². The Labute approximate surface area is 189 Å². The quantitative estimate of drug-likeness (QED) is 0.178. The molecule has 0 saturated heterocycles. The van der Waals surface area contributed by atoms with Gasteiger partial charge in [-0.05, 0) is 38.8 Å². The van der Waals surface area contributed by atoms with Crippen molar-refractivity contribution in [3.63, 3.8) is 0 Å². The van der Waals surface area contributed by atoms with E-state index in [0.717, 1.165) is 5.56 Å². The zero-order valence-electron chi connectivity index (χ0n) is 18.8. The van der Waals surface area contributed by atoms with Gasteiger partial charge in [0.15, 0.2) is 0 Å². The molecule has 1 aliphatic heterocycles. The van der Waals surface area contributed by atoms with Crippen LogP contribution in [0.3, 0.4) is 0 Å². The molecular formula is C23H34N2O7. The van der Waals surface area contributed by atoms with E-state index in [1.807, 2.05) is 13.8 Å². The number of fused-ring (bicyclic) bond motifs is 1. The zero-order chi connectivity index (χ0) is 23.4. The fourth-order valence-electron chi connectivity index (χ4n) is 3.12. The van der Waals surface area contributed by atoms with Crippen LogP contribution in [0.4, 0.5) is 5.69 Å². The minimum Gasteiger partial charge on any atom is -0.488 e. The maximum Gasteiger partial charge on any atom is 0.224 e. The van der Waals surface area contributed by atoms with Crippen molar-refractivity contribution >= 4 is 11.6 Å². The normalized spacial score (nSPS) is 14.9. The maximum absolute atomic E-state index is 11.9. The van der Waals surface area contributed by atoms with Gasteiger partial charge in [-0.2, -0.15) is 0 Å². The number of hydrogen-bond donors (Lipinski definition) is 4. The molecule has 1 atom stereocenters. The average molecular weight is 451 g/mol. The van der Waals surface area contributed by atoms with Crippen molar-refractivity contribution in [2.45, 2.75) is 45.0 Å². The lowest BCUT2D eigenvalue weighted by molar-refractivity contribution is -0.217. The summed E-state index contributed by atoms with van der Waals surface area (Å²) < 4.78 is 22.6. The highest BCUT2D eigenvalue weighted by atomic mass is 16.6. The lowest BCUT2D eigenvalue weighted by Crippen LogP contribution is -2.49. The van der Waals surface area contributed by atoms with Gasteiger partial charge in [0.2, 0.25) is 11.7 Å². The van der Waals surface area contributed by atoms with E-state index >= 15 is 0 Å². The summed E-state index contributed by atoms with van der Waals surface area (Å²) in [5.74, 6) is 1.66. The van der Waals surface area contributed by atoms with Crippen molar-refractivity contribution in [3.05, 3.63) is 17.7 Å². The zero-order valence-corrected chi connectivity index (χ0v) is 18.8. The van der Waals surface area contributed by atoms with E-state index < -0.39 is 5.79 Å². The summed E-state index contributed by atoms with van der Waals surface area (Å²) >= 11 is 0. The molecule has 0 bridgehead atoms. The van der Waals surface area contributed by atoms with Crippen LogP contribution >= 0.6 is 0 Å². The molecule has 1 aromatic carbocycles. The second-order valence-electron chi connectivity index (χ2n) is 7.71. The van der Waals surface area contributed by atoms with E-state index in [2.05, 4.69) is 16.6 Å². The number of benzene rings is 1. The molecule has 1 unspecified atom stereocenters. The third-order valence-corrected chi connectivity index (χ3v) is 4.67. The van der Waals surface area contributed by atoms with Crippen LogP contribution in [-0.2, 0) is 20.7 Å². The summed E-state index contributed by atoms with van der Waals surface area (Å²) in [5, 5.41) is 25.9. The average Bonchev–Trinajstić information content (AvgIpc) is 2.76. The second kappa shape index (κ2) is 13.3. The van der Waals surface area contributed by atoms with Gasteiger partial charge in [-0.25, -0.2) is 0 Å². The topological polar surface area (TPSA) is 119 Å². The monoisotopic (exact) mass is 450 g/mol. The molecule has 2 rings (SSSR count). The highest BCUT2D eigenvalue weighted by molar-refractivity contribution is 5.96. The van der Waals surface area contributed by atoms with Gasteiger partial charge < -0.3 is 39.8 Å². The fourth-order valence-corrected chi connectivity index (χ4v) is 3.12. The molecule has 0 spiro atoms. The van der Waals surface area contributed by atoms with Gasteiger partial charge in [0.25, 0.3) is 0 Å². The second-order valence-corrected chi connectivity index (χ2v) is 7.71. The van der Waals surface area contributed by atoms with Crippen LogP contribution in [0.2, 0.25) is 0 Å². The van der Waals surface area contributed by atoms with E-state index in [1.54, 1.807) is 12.1 Å². The number of terminal acetylenes is 1. The Balaban J connectivity index is 2.07. The van der Waals surface area contributed by atoms with Gasteiger partial charge in [-0.1, -0.05) is 5.92 Å². The van der Waals surface area contributed by atoms with Crippen molar-refractivity contribution in [2.24, 2.45) is 0 Å². The largest absolute Gasteiger partial charge is 0.488 e. The standard InChI is InChI=1S/C23H34N2O7/c1-4-12-30-20-8-7-19(18-6-9-21(27)25-22(18)20)31-16-23(28,32-13-5-11-26)15-24-10-14-29-17(2)3/h1,7-8,17,24,26,28H,5-6,9-16H2,2-3H3,(H,25,27). The number of aliphatic hydroxyl groups is 2. The number of aliphatic hydroxyl groups excluding tert-OH is 1. The van der Waals surface area contributed by atoms with E-state index in [0.29, 0.717) is 49.6 Å². The van der Waals surface area contributed by atoms with Gasteiger partial charge in [0, 0.05) is 25.1 Å². The van der Waals surface area contributed by atoms with E-state index in [4.69, 9.17) is 30.5 Å². The third-order valence-electron chi connectivity index (χ3n) is 4.67. The molecule has 1 aliphatic rings. The number of hydrogen-bond acceptors (Lipinski definition) is 8. The highest BCUT2D eigenvalue weighted by Gasteiger charge is 2.30. The van der Waals surface area contributed by atoms with Gasteiger partial charge in [-0.3, -0.25) is 4.79 Å². The van der Waals surface area contributed by atoms with Crippen LogP contribution in [0.1, 0.15) is 32.3 Å². The predicted octanol–water partition coefficient (Wildman–Crippen LogP) is 1.06. The van der Waals surface area contributed by atoms with Gasteiger partial charge in [0.1, 0.15) is 24.7 Å². The Morgan fingerprint density at radius 3 is 2.75 bits per heavy atom. The molecule has 1 heterocycles. The molecule has 1 amide bonds. The van der Waals surface area contributed by atoms with Gasteiger partial charge in [-0.15, -0.1) is 6.42 Å². The first-order chi connectivity index (χ1) is 15.4.